The molecule has 0 saturated carbocycles. The lowest BCUT2D eigenvalue weighted by Gasteiger charge is -2.16. The average Bonchev–Trinajstić information content (AvgIpc) is 3.32. The van der Waals surface area contributed by atoms with Crippen molar-refractivity contribution in [1.29, 1.82) is 0 Å². The molecule has 178 valence electrons. The summed E-state index contributed by atoms with van der Waals surface area (Å²) in [5.41, 5.74) is 1.90. The second-order valence-electron chi connectivity index (χ2n) is 7.26. The van der Waals surface area contributed by atoms with Crippen LogP contribution in [0.4, 0.5) is 16.6 Å². The van der Waals surface area contributed by atoms with Gasteiger partial charge in [0.15, 0.2) is 5.82 Å². The van der Waals surface area contributed by atoms with E-state index in [2.05, 4.69) is 31.2 Å². The first-order valence-electron chi connectivity index (χ1n) is 10.5. The Morgan fingerprint density at radius 3 is 2.18 bits per heavy atom. The first-order valence-corrected chi connectivity index (χ1v) is 11.4. The first kappa shape index (κ1) is 24.6. The number of amides is 2. The number of nitrogens with zero attached hydrogens (tertiary/aromatic N) is 3. The van der Waals surface area contributed by atoms with Gasteiger partial charge >= 0.3 is 5.00 Å². The fourth-order valence-corrected chi connectivity index (χ4v) is 3.70. The molecule has 2 aromatic heterocycles. The van der Waals surface area contributed by atoms with Crippen molar-refractivity contribution >= 4 is 39.8 Å². The Labute approximate surface area is 200 Å². The van der Waals surface area contributed by atoms with Gasteiger partial charge in [0.25, 0.3) is 5.91 Å². The summed E-state index contributed by atoms with van der Waals surface area (Å²) in [5.74, 6) is 1.29. The van der Waals surface area contributed by atoms with Crippen molar-refractivity contribution in [3.05, 3.63) is 63.0 Å². The summed E-state index contributed by atoms with van der Waals surface area (Å²) >= 11 is 0.912. The lowest BCUT2D eigenvalue weighted by molar-refractivity contribution is -0.380. The highest BCUT2D eigenvalue weighted by atomic mass is 32.1. The Morgan fingerprint density at radius 2 is 1.62 bits per heavy atom. The molecule has 0 atom stereocenters. The fourth-order valence-electron chi connectivity index (χ4n) is 3.00. The molecular formula is C22H25N7O4S. The van der Waals surface area contributed by atoms with Crippen LogP contribution in [0.2, 0.25) is 0 Å². The molecule has 34 heavy (non-hydrogen) atoms. The largest absolute Gasteiger partial charge is 0.368 e. The van der Waals surface area contributed by atoms with E-state index < -0.39 is 4.92 Å². The maximum atomic E-state index is 12.2. The topological polar surface area (TPSA) is 151 Å². The maximum Gasteiger partial charge on any atom is 0.324 e. The third kappa shape index (κ3) is 6.72. The van der Waals surface area contributed by atoms with Gasteiger partial charge in [0.1, 0.15) is 11.6 Å². The Bertz CT molecular complexity index is 1170. The molecule has 3 aromatic rings. The van der Waals surface area contributed by atoms with Crippen LogP contribution in [0.5, 0.6) is 0 Å². The minimum absolute atomic E-state index is 0.0770. The molecule has 2 heterocycles. The van der Waals surface area contributed by atoms with E-state index in [1.807, 2.05) is 37.3 Å². The van der Waals surface area contributed by atoms with Gasteiger partial charge in [-0.25, -0.2) is 9.97 Å². The summed E-state index contributed by atoms with van der Waals surface area (Å²) in [6, 6.07) is 10.8. The van der Waals surface area contributed by atoms with Crippen molar-refractivity contribution in [2.24, 2.45) is 0 Å². The van der Waals surface area contributed by atoms with E-state index in [4.69, 9.17) is 0 Å². The summed E-state index contributed by atoms with van der Waals surface area (Å²) in [4.78, 5) is 42.9. The zero-order valence-electron chi connectivity index (χ0n) is 18.8. The van der Waals surface area contributed by atoms with Crippen molar-refractivity contribution in [3.63, 3.8) is 0 Å². The summed E-state index contributed by atoms with van der Waals surface area (Å²) in [5, 5.41) is 24.1. The van der Waals surface area contributed by atoms with E-state index in [0.29, 0.717) is 37.1 Å². The molecule has 0 fully saturated rings. The van der Waals surface area contributed by atoms with Crippen molar-refractivity contribution in [2.75, 3.05) is 36.8 Å². The van der Waals surface area contributed by atoms with Gasteiger partial charge in [0.05, 0.1) is 10.5 Å². The highest BCUT2D eigenvalue weighted by Gasteiger charge is 2.15. The van der Waals surface area contributed by atoms with E-state index in [1.54, 1.807) is 0 Å². The van der Waals surface area contributed by atoms with E-state index >= 15 is 0 Å². The summed E-state index contributed by atoms with van der Waals surface area (Å²) < 4.78 is 0. The molecular weight excluding hydrogens is 458 g/mol. The summed E-state index contributed by atoms with van der Waals surface area (Å²) in [6.45, 7) is 4.96. The smallest absolute Gasteiger partial charge is 0.324 e. The Morgan fingerprint density at radius 1 is 1.00 bits per heavy atom. The number of hydrogen-bond donors (Lipinski definition) is 4. The molecule has 0 radical (unpaired) electrons. The minimum Gasteiger partial charge on any atom is -0.368 e. The van der Waals surface area contributed by atoms with Gasteiger partial charge in [-0.1, -0.05) is 41.7 Å². The highest BCUT2D eigenvalue weighted by molar-refractivity contribution is 7.13. The molecule has 2 amide bonds. The molecule has 0 aliphatic heterocycles. The Hall–Kier alpha value is -4.06. The minimum atomic E-state index is -0.521. The number of hydrogen-bond acceptors (Lipinski definition) is 9. The number of anilines is 2. The van der Waals surface area contributed by atoms with Crippen LogP contribution in [-0.2, 0) is 4.79 Å². The number of carbonyl (C=O) groups is 2. The quantitative estimate of drug-likeness (QED) is 0.185. The van der Waals surface area contributed by atoms with Crippen molar-refractivity contribution in [3.8, 4) is 11.4 Å². The zero-order valence-corrected chi connectivity index (χ0v) is 19.6. The van der Waals surface area contributed by atoms with Crippen molar-refractivity contribution in [2.45, 2.75) is 13.8 Å². The van der Waals surface area contributed by atoms with Gasteiger partial charge in [0, 0.05) is 55.7 Å². The number of thiophene rings is 1. The molecule has 4 N–H and O–H groups in total. The van der Waals surface area contributed by atoms with Crippen LogP contribution in [0.15, 0.2) is 41.8 Å². The maximum absolute atomic E-state index is 12.2. The second-order valence-corrected chi connectivity index (χ2v) is 8.15. The Kier molecular flexibility index (Phi) is 8.46. The normalized spacial score (nSPS) is 10.4. The van der Waals surface area contributed by atoms with E-state index in [0.717, 1.165) is 22.5 Å². The van der Waals surface area contributed by atoms with Crippen LogP contribution >= 0.6 is 11.3 Å². The fraction of sp³-hybridized carbons (Fsp3) is 0.273. The van der Waals surface area contributed by atoms with Crippen molar-refractivity contribution in [1.82, 2.24) is 20.6 Å². The van der Waals surface area contributed by atoms with Crippen LogP contribution in [-0.4, -0.2) is 52.9 Å². The lowest BCUT2D eigenvalue weighted by Crippen LogP contribution is -2.29. The SMILES string of the molecule is CC(=O)NCCNc1nc(-c2ccccc2)nc(NCCNC(=O)c2csc([N+](=O)[O-])c2)c1C. The van der Waals surface area contributed by atoms with Gasteiger partial charge < -0.3 is 21.3 Å². The van der Waals surface area contributed by atoms with Crippen LogP contribution < -0.4 is 21.3 Å². The van der Waals surface area contributed by atoms with Crippen LogP contribution in [0.3, 0.4) is 0 Å². The molecule has 11 nitrogen and oxygen atoms in total. The monoisotopic (exact) mass is 483 g/mol. The van der Waals surface area contributed by atoms with Crippen LogP contribution in [0, 0.1) is 17.0 Å². The number of aromatic nitrogens is 2. The predicted molar refractivity (Wildman–Crippen MR) is 131 cm³/mol. The van der Waals surface area contributed by atoms with Gasteiger partial charge in [-0.15, -0.1) is 0 Å². The predicted octanol–water partition coefficient (Wildman–Crippen LogP) is 2.81. The van der Waals surface area contributed by atoms with Gasteiger partial charge in [-0.05, 0) is 6.92 Å². The number of benzene rings is 1. The van der Waals surface area contributed by atoms with Crippen molar-refractivity contribution < 1.29 is 14.5 Å². The molecule has 12 heteroatoms. The molecule has 0 unspecified atom stereocenters. The van der Waals surface area contributed by atoms with Gasteiger partial charge in [-0.3, -0.25) is 19.7 Å². The molecule has 0 aliphatic rings. The standard InChI is InChI=1S/C22H25N7O4S/c1-14-19(24-9-8-23-15(2)30)27-21(16-6-4-3-5-7-16)28-20(14)25-10-11-26-22(31)17-12-18(29(32)33)34-13-17/h3-7,12-13H,8-11H2,1-2H3,(H,23,30)(H,26,31)(H2,24,25,27,28). The van der Waals surface area contributed by atoms with Crippen LogP contribution in [0.1, 0.15) is 22.8 Å². The summed E-state index contributed by atoms with van der Waals surface area (Å²) in [6.07, 6.45) is 0. The third-order valence-corrected chi connectivity index (χ3v) is 5.58. The highest BCUT2D eigenvalue weighted by Crippen LogP contribution is 2.25. The average molecular weight is 484 g/mol. The molecule has 0 aliphatic carbocycles. The first-order chi connectivity index (χ1) is 16.3. The molecule has 0 bridgehead atoms. The van der Waals surface area contributed by atoms with Gasteiger partial charge in [0.2, 0.25) is 5.91 Å². The molecule has 0 saturated heterocycles. The summed E-state index contributed by atoms with van der Waals surface area (Å²) in [7, 11) is 0. The third-order valence-electron chi connectivity index (χ3n) is 4.70. The number of carbonyl (C=O) groups excluding carboxylic acids is 2. The van der Waals surface area contributed by atoms with E-state index in [-0.39, 0.29) is 28.9 Å². The number of rotatable bonds is 11. The van der Waals surface area contributed by atoms with E-state index in [1.165, 1.54) is 18.4 Å². The zero-order chi connectivity index (χ0) is 24.5. The van der Waals surface area contributed by atoms with Crippen LogP contribution in [0.25, 0.3) is 11.4 Å². The molecule has 1 aromatic carbocycles. The lowest BCUT2D eigenvalue weighted by atomic mass is 10.2. The molecule has 3 rings (SSSR count). The Balaban J connectivity index is 1.66. The molecule has 0 spiro atoms. The van der Waals surface area contributed by atoms with E-state index in [9.17, 15) is 19.7 Å². The number of nitro groups is 1. The second kappa shape index (κ2) is 11.7. The van der Waals surface area contributed by atoms with Gasteiger partial charge in [-0.2, -0.15) is 0 Å². The number of nitrogens with one attached hydrogen (secondary N) is 4.